The molecule has 0 aliphatic carbocycles. The van der Waals surface area contributed by atoms with Crippen LogP contribution in [0.3, 0.4) is 0 Å². The first kappa shape index (κ1) is 21.2. The molecule has 7 nitrogen and oxygen atoms in total. The number of carbonyl (C=O) groups is 2. The molecule has 0 aliphatic rings. The predicted octanol–water partition coefficient (Wildman–Crippen LogP) is 4.99. The van der Waals surface area contributed by atoms with E-state index in [-0.39, 0.29) is 17.3 Å². The van der Waals surface area contributed by atoms with Gasteiger partial charge in [-0.1, -0.05) is 19.9 Å². The minimum absolute atomic E-state index is 0.112. The molecule has 0 saturated heterocycles. The number of fused-ring (bicyclic) bond motifs is 1. The number of carbonyl (C=O) groups excluding carboxylic acids is 2. The summed E-state index contributed by atoms with van der Waals surface area (Å²) < 4.78 is 17.9. The SMILES string of the molecule is COC(=O)C(=O)c1c[nH]c2cccc(Nc3nc(-c4ccc(F)cc4)ncc3C(C)C)c12. The zero-order chi connectivity index (χ0) is 22.8. The zero-order valence-corrected chi connectivity index (χ0v) is 17.8. The van der Waals surface area contributed by atoms with E-state index in [1.54, 1.807) is 24.4 Å². The molecular weight excluding hydrogens is 411 g/mol. The van der Waals surface area contributed by atoms with Gasteiger partial charge in [-0.15, -0.1) is 0 Å². The van der Waals surface area contributed by atoms with Gasteiger partial charge >= 0.3 is 5.97 Å². The molecule has 0 unspecified atom stereocenters. The molecule has 2 N–H and O–H groups in total. The van der Waals surface area contributed by atoms with Crippen LogP contribution in [0.2, 0.25) is 0 Å². The highest BCUT2D eigenvalue weighted by Crippen LogP contribution is 2.33. The van der Waals surface area contributed by atoms with Crippen LogP contribution in [0.1, 0.15) is 35.7 Å². The Hall–Kier alpha value is -4.07. The van der Waals surface area contributed by atoms with Gasteiger partial charge in [0.15, 0.2) is 5.82 Å². The number of ketones is 1. The predicted molar refractivity (Wildman–Crippen MR) is 119 cm³/mol. The third-order valence-electron chi connectivity index (χ3n) is 5.12. The van der Waals surface area contributed by atoms with E-state index < -0.39 is 11.8 Å². The lowest BCUT2D eigenvalue weighted by Gasteiger charge is -2.16. The maximum absolute atomic E-state index is 13.3. The van der Waals surface area contributed by atoms with E-state index in [2.05, 4.69) is 25.0 Å². The molecule has 0 saturated carbocycles. The fourth-order valence-corrected chi connectivity index (χ4v) is 3.45. The molecule has 4 rings (SSSR count). The van der Waals surface area contributed by atoms with Crippen LogP contribution in [-0.2, 0) is 9.53 Å². The third kappa shape index (κ3) is 3.94. The van der Waals surface area contributed by atoms with Gasteiger partial charge in [0.05, 0.1) is 12.7 Å². The number of hydrogen-bond acceptors (Lipinski definition) is 6. The van der Waals surface area contributed by atoms with Crippen LogP contribution in [-0.4, -0.2) is 33.8 Å². The molecule has 0 amide bonds. The Morgan fingerprint density at radius 2 is 1.88 bits per heavy atom. The highest BCUT2D eigenvalue weighted by Gasteiger charge is 2.23. The second kappa shape index (κ2) is 8.58. The molecule has 0 atom stereocenters. The van der Waals surface area contributed by atoms with Gasteiger partial charge in [-0.05, 0) is 42.3 Å². The van der Waals surface area contributed by atoms with Crippen LogP contribution < -0.4 is 5.32 Å². The molecule has 4 aromatic rings. The van der Waals surface area contributed by atoms with Gasteiger partial charge in [-0.2, -0.15) is 0 Å². The van der Waals surface area contributed by atoms with Crippen LogP contribution >= 0.6 is 0 Å². The Morgan fingerprint density at radius 3 is 2.56 bits per heavy atom. The van der Waals surface area contributed by atoms with E-state index in [1.165, 1.54) is 25.4 Å². The first-order valence-corrected chi connectivity index (χ1v) is 10.0. The summed E-state index contributed by atoms with van der Waals surface area (Å²) in [7, 11) is 1.17. The van der Waals surface area contributed by atoms with Crippen LogP contribution in [0.4, 0.5) is 15.9 Å². The van der Waals surface area contributed by atoms with Gasteiger partial charge in [0.1, 0.15) is 11.6 Å². The number of Topliss-reactive ketones (excluding diaryl/α,β-unsaturated/α-hetero) is 1. The van der Waals surface area contributed by atoms with Crippen molar-refractivity contribution in [2.75, 3.05) is 12.4 Å². The molecule has 0 spiro atoms. The van der Waals surface area contributed by atoms with Crippen LogP contribution in [0.15, 0.2) is 54.9 Å². The Kier molecular flexibility index (Phi) is 5.68. The third-order valence-corrected chi connectivity index (χ3v) is 5.12. The highest BCUT2D eigenvalue weighted by atomic mass is 19.1. The van der Waals surface area contributed by atoms with Crippen LogP contribution in [0, 0.1) is 5.82 Å². The van der Waals surface area contributed by atoms with Crippen molar-refractivity contribution >= 4 is 34.2 Å². The largest absolute Gasteiger partial charge is 0.463 e. The Bertz CT molecular complexity index is 1310. The van der Waals surface area contributed by atoms with E-state index in [0.717, 1.165) is 5.56 Å². The van der Waals surface area contributed by atoms with Gasteiger partial charge < -0.3 is 15.0 Å². The number of hydrogen-bond donors (Lipinski definition) is 2. The van der Waals surface area contributed by atoms with E-state index in [9.17, 15) is 14.0 Å². The van der Waals surface area contributed by atoms with E-state index >= 15 is 0 Å². The topological polar surface area (TPSA) is 97.0 Å². The standard InChI is InChI=1S/C24H21FN4O3/c1-13(2)16-11-27-22(14-7-9-15(25)10-8-14)29-23(16)28-19-6-4-5-18-20(19)17(12-26-18)21(30)24(31)32-3/h4-13,26H,1-3H3,(H,27,28,29). The van der Waals surface area contributed by atoms with Crippen molar-refractivity contribution in [3.8, 4) is 11.4 Å². The number of aromatic nitrogens is 3. The molecule has 162 valence electrons. The number of aromatic amines is 1. The minimum Gasteiger partial charge on any atom is -0.463 e. The molecule has 0 aliphatic heterocycles. The molecule has 2 heterocycles. The van der Waals surface area contributed by atoms with Crippen molar-refractivity contribution in [3.63, 3.8) is 0 Å². The summed E-state index contributed by atoms with van der Waals surface area (Å²) in [6, 6.07) is 11.4. The molecule has 2 aromatic carbocycles. The summed E-state index contributed by atoms with van der Waals surface area (Å²) in [5, 5.41) is 3.86. The van der Waals surface area contributed by atoms with E-state index in [1.807, 2.05) is 26.0 Å². The number of ether oxygens (including phenoxy) is 1. The summed E-state index contributed by atoms with van der Waals surface area (Å²) in [5.74, 6) is -0.923. The molecule has 0 bridgehead atoms. The van der Waals surface area contributed by atoms with Gasteiger partial charge in [0, 0.05) is 40.1 Å². The Morgan fingerprint density at radius 1 is 1.12 bits per heavy atom. The monoisotopic (exact) mass is 432 g/mol. The number of nitrogens with zero attached hydrogens (tertiary/aromatic N) is 2. The lowest BCUT2D eigenvalue weighted by molar-refractivity contribution is -0.135. The van der Waals surface area contributed by atoms with E-state index in [0.29, 0.717) is 33.8 Å². The van der Waals surface area contributed by atoms with E-state index in [4.69, 9.17) is 0 Å². The second-order valence-corrected chi connectivity index (χ2v) is 7.54. The van der Waals surface area contributed by atoms with Crippen molar-refractivity contribution in [2.45, 2.75) is 19.8 Å². The smallest absolute Gasteiger partial charge is 0.379 e. The van der Waals surface area contributed by atoms with Crippen molar-refractivity contribution in [2.24, 2.45) is 0 Å². The minimum atomic E-state index is -0.941. The number of methoxy groups -OCH3 is 1. The van der Waals surface area contributed by atoms with Crippen molar-refractivity contribution in [1.82, 2.24) is 15.0 Å². The Balaban J connectivity index is 1.82. The van der Waals surface area contributed by atoms with Gasteiger partial charge in [0.25, 0.3) is 5.78 Å². The summed E-state index contributed by atoms with van der Waals surface area (Å²) >= 11 is 0. The molecule has 2 aromatic heterocycles. The van der Waals surface area contributed by atoms with Crippen LogP contribution in [0.25, 0.3) is 22.3 Å². The number of H-pyrrole nitrogens is 1. The molecule has 0 radical (unpaired) electrons. The van der Waals surface area contributed by atoms with Gasteiger partial charge in [-0.3, -0.25) is 4.79 Å². The summed E-state index contributed by atoms with van der Waals surface area (Å²) in [4.78, 5) is 36.5. The van der Waals surface area contributed by atoms with Gasteiger partial charge in [-0.25, -0.2) is 19.2 Å². The maximum Gasteiger partial charge on any atom is 0.379 e. The fraction of sp³-hybridized carbons (Fsp3) is 0.167. The number of nitrogens with one attached hydrogen (secondary N) is 2. The quantitative estimate of drug-likeness (QED) is 0.253. The molecular formula is C24H21FN4O3. The average molecular weight is 432 g/mol. The number of anilines is 2. The Labute approximate surface area is 183 Å². The average Bonchev–Trinajstić information content (AvgIpc) is 3.23. The first-order valence-electron chi connectivity index (χ1n) is 10.0. The van der Waals surface area contributed by atoms with Crippen molar-refractivity contribution in [3.05, 3.63) is 71.8 Å². The maximum atomic E-state index is 13.3. The summed E-state index contributed by atoms with van der Waals surface area (Å²) in [6.07, 6.45) is 3.22. The normalized spacial score (nSPS) is 11.0. The summed E-state index contributed by atoms with van der Waals surface area (Å²) in [6.45, 7) is 4.04. The molecule has 0 fully saturated rings. The fourth-order valence-electron chi connectivity index (χ4n) is 3.45. The second-order valence-electron chi connectivity index (χ2n) is 7.54. The molecule has 8 heteroatoms. The first-order chi connectivity index (χ1) is 15.4. The molecule has 32 heavy (non-hydrogen) atoms. The lowest BCUT2D eigenvalue weighted by atomic mass is 10.0. The van der Waals surface area contributed by atoms with Crippen molar-refractivity contribution < 1.29 is 18.7 Å². The lowest BCUT2D eigenvalue weighted by Crippen LogP contribution is -2.15. The highest BCUT2D eigenvalue weighted by molar-refractivity contribution is 6.43. The zero-order valence-electron chi connectivity index (χ0n) is 17.8. The number of benzene rings is 2. The van der Waals surface area contributed by atoms with Crippen molar-refractivity contribution in [1.29, 1.82) is 0 Å². The van der Waals surface area contributed by atoms with Crippen LogP contribution in [0.5, 0.6) is 0 Å². The number of rotatable bonds is 6. The number of halogens is 1. The summed E-state index contributed by atoms with van der Waals surface area (Å²) in [5.41, 5.74) is 3.02. The number of esters is 1. The van der Waals surface area contributed by atoms with Gasteiger partial charge in [0.2, 0.25) is 0 Å².